The molecule has 0 aromatic heterocycles. The van der Waals surface area contributed by atoms with E-state index in [1.54, 1.807) is 12.1 Å². The smallest absolute Gasteiger partial charge is 0.243 e. The Balaban J connectivity index is 3.15. The van der Waals surface area contributed by atoms with E-state index in [2.05, 4.69) is 0 Å². The molecule has 0 amide bonds. The number of nitrogens with zero attached hydrogens (tertiary/aromatic N) is 1. The number of hydrogen-bond donors (Lipinski definition) is 1. The summed E-state index contributed by atoms with van der Waals surface area (Å²) in [7, 11) is -3.45. The van der Waals surface area contributed by atoms with Gasteiger partial charge in [-0.2, -0.15) is 4.31 Å². The van der Waals surface area contributed by atoms with Crippen molar-refractivity contribution in [3.05, 3.63) is 28.8 Å². The normalized spacial score (nSPS) is 12.1. The van der Waals surface area contributed by atoms with Crippen LogP contribution in [0.3, 0.4) is 0 Å². The van der Waals surface area contributed by atoms with E-state index in [9.17, 15) is 8.42 Å². The van der Waals surface area contributed by atoms with Crippen LogP contribution in [-0.4, -0.2) is 25.8 Å². The van der Waals surface area contributed by atoms with Crippen LogP contribution in [0.2, 0.25) is 5.02 Å². The SMILES string of the molecule is CCCN(CC)S(=O)(=O)c1ccc(CN)c(Cl)c1. The molecule has 0 atom stereocenters. The first-order valence-corrected chi connectivity index (χ1v) is 7.77. The quantitative estimate of drug-likeness (QED) is 0.874. The molecule has 4 nitrogen and oxygen atoms in total. The fourth-order valence-corrected chi connectivity index (χ4v) is 3.59. The van der Waals surface area contributed by atoms with Crippen molar-refractivity contribution in [3.63, 3.8) is 0 Å². The molecule has 0 radical (unpaired) electrons. The van der Waals surface area contributed by atoms with Gasteiger partial charge in [-0.05, 0) is 24.1 Å². The summed E-state index contributed by atoms with van der Waals surface area (Å²) in [5, 5.41) is 0.395. The van der Waals surface area contributed by atoms with Crippen LogP contribution in [0.1, 0.15) is 25.8 Å². The molecule has 0 heterocycles. The summed E-state index contributed by atoms with van der Waals surface area (Å²) >= 11 is 6.00. The Labute approximate surface area is 114 Å². The molecule has 2 N–H and O–H groups in total. The maximum absolute atomic E-state index is 12.3. The van der Waals surface area contributed by atoms with Crippen molar-refractivity contribution in [1.29, 1.82) is 0 Å². The van der Waals surface area contributed by atoms with Crippen molar-refractivity contribution in [2.75, 3.05) is 13.1 Å². The standard InChI is InChI=1S/C12H19ClN2O2S/c1-3-7-15(4-2)18(16,17)11-6-5-10(9-14)12(13)8-11/h5-6,8H,3-4,7,9,14H2,1-2H3. The van der Waals surface area contributed by atoms with Crippen molar-refractivity contribution in [1.82, 2.24) is 4.31 Å². The van der Waals surface area contributed by atoms with E-state index in [4.69, 9.17) is 17.3 Å². The van der Waals surface area contributed by atoms with Gasteiger partial charge in [0, 0.05) is 24.7 Å². The van der Waals surface area contributed by atoms with Gasteiger partial charge in [-0.25, -0.2) is 8.42 Å². The summed E-state index contributed by atoms with van der Waals surface area (Å²) in [6, 6.07) is 4.69. The van der Waals surface area contributed by atoms with Crippen LogP contribution in [-0.2, 0) is 16.6 Å². The van der Waals surface area contributed by atoms with Crippen LogP contribution in [0, 0.1) is 0 Å². The van der Waals surface area contributed by atoms with Gasteiger partial charge in [0.05, 0.1) is 4.90 Å². The molecular formula is C12H19ClN2O2S. The Morgan fingerprint density at radius 1 is 1.33 bits per heavy atom. The Bertz CT molecular complexity index is 503. The number of halogens is 1. The second-order valence-electron chi connectivity index (χ2n) is 3.95. The molecular weight excluding hydrogens is 272 g/mol. The topological polar surface area (TPSA) is 63.4 Å². The second-order valence-corrected chi connectivity index (χ2v) is 6.30. The van der Waals surface area contributed by atoms with E-state index in [-0.39, 0.29) is 4.90 Å². The van der Waals surface area contributed by atoms with Crippen LogP contribution in [0.25, 0.3) is 0 Å². The molecule has 0 fully saturated rings. The monoisotopic (exact) mass is 290 g/mol. The highest BCUT2D eigenvalue weighted by atomic mass is 35.5. The van der Waals surface area contributed by atoms with E-state index in [0.29, 0.717) is 24.7 Å². The Kier molecular flexibility index (Phi) is 5.59. The fourth-order valence-electron chi connectivity index (χ4n) is 1.70. The lowest BCUT2D eigenvalue weighted by atomic mass is 10.2. The van der Waals surface area contributed by atoms with Crippen LogP contribution in [0.4, 0.5) is 0 Å². The maximum atomic E-state index is 12.3. The Morgan fingerprint density at radius 2 is 2.00 bits per heavy atom. The van der Waals surface area contributed by atoms with Crippen LogP contribution in [0.5, 0.6) is 0 Å². The summed E-state index contributed by atoms with van der Waals surface area (Å²) < 4.78 is 26.1. The molecule has 0 spiro atoms. The maximum Gasteiger partial charge on any atom is 0.243 e. The molecule has 1 aromatic rings. The van der Waals surface area contributed by atoms with Gasteiger partial charge >= 0.3 is 0 Å². The van der Waals surface area contributed by atoms with E-state index in [1.807, 2.05) is 13.8 Å². The predicted molar refractivity (Wildman–Crippen MR) is 74.1 cm³/mol. The van der Waals surface area contributed by atoms with E-state index in [1.165, 1.54) is 10.4 Å². The lowest BCUT2D eigenvalue weighted by Crippen LogP contribution is -2.31. The van der Waals surface area contributed by atoms with E-state index < -0.39 is 10.0 Å². The van der Waals surface area contributed by atoms with Gasteiger partial charge in [-0.3, -0.25) is 0 Å². The molecule has 102 valence electrons. The largest absolute Gasteiger partial charge is 0.326 e. The second kappa shape index (κ2) is 6.52. The molecule has 18 heavy (non-hydrogen) atoms. The first-order chi connectivity index (χ1) is 8.47. The zero-order valence-electron chi connectivity index (χ0n) is 10.7. The number of nitrogens with two attached hydrogens (primary N) is 1. The number of rotatable bonds is 6. The summed E-state index contributed by atoms with van der Waals surface area (Å²) in [5.41, 5.74) is 6.24. The minimum Gasteiger partial charge on any atom is -0.326 e. The summed E-state index contributed by atoms with van der Waals surface area (Å²) in [5.74, 6) is 0. The third-order valence-corrected chi connectivity index (χ3v) is 5.03. The van der Waals surface area contributed by atoms with Crippen molar-refractivity contribution in [2.45, 2.75) is 31.7 Å². The van der Waals surface area contributed by atoms with Crippen molar-refractivity contribution in [2.24, 2.45) is 5.73 Å². The van der Waals surface area contributed by atoms with Gasteiger partial charge in [0.25, 0.3) is 0 Å². The lowest BCUT2D eigenvalue weighted by molar-refractivity contribution is 0.427. The summed E-state index contributed by atoms with van der Waals surface area (Å²) in [6.07, 6.45) is 0.779. The highest BCUT2D eigenvalue weighted by Crippen LogP contribution is 2.23. The highest BCUT2D eigenvalue weighted by molar-refractivity contribution is 7.89. The molecule has 0 saturated heterocycles. The van der Waals surface area contributed by atoms with Gasteiger partial charge < -0.3 is 5.73 Å². The van der Waals surface area contributed by atoms with Gasteiger partial charge in [-0.1, -0.05) is 31.5 Å². The molecule has 1 rings (SSSR count). The number of hydrogen-bond acceptors (Lipinski definition) is 3. The van der Waals surface area contributed by atoms with E-state index >= 15 is 0 Å². The molecule has 0 aliphatic carbocycles. The van der Waals surface area contributed by atoms with Crippen LogP contribution in [0.15, 0.2) is 23.1 Å². The zero-order valence-corrected chi connectivity index (χ0v) is 12.3. The molecule has 6 heteroatoms. The van der Waals surface area contributed by atoms with Crippen LogP contribution < -0.4 is 5.73 Å². The molecule has 1 aromatic carbocycles. The third-order valence-electron chi connectivity index (χ3n) is 2.71. The van der Waals surface area contributed by atoms with Gasteiger partial charge in [0.2, 0.25) is 10.0 Å². The molecule has 0 aliphatic rings. The Hall–Kier alpha value is -0.620. The third kappa shape index (κ3) is 3.23. The average molecular weight is 291 g/mol. The van der Waals surface area contributed by atoms with Gasteiger partial charge in [0.1, 0.15) is 0 Å². The molecule has 0 aliphatic heterocycles. The molecule has 0 saturated carbocycles. The summed E-state index contributed by atoms with van der Waals surface area (Å²) in [4.78, 5) is 0.222. The van der Waals surface area contributed by atoms with Gasteiger partial charge in [0.15, 0.2) is 0 Å². The number of sulfonamides is 1. The Morgan fingerprint density at radius 3 is 2.44 bits per heavy atom. The zero-order chi connectivity index (χ0) is 13.8. The van der Waals surface area contributed by atoms with Crippen molar-refractivity contribution in [3.8, 4) is 0 Å². The van der Waals surface area contributed by atoms with Gasteiger partial charge in [-0.15, -0.1) is 0 Å². The highest BCUT2D eigenvalue weighted by Gasteiger charge is 2.22. The first-order valence-electron chi connectivity index (χ1n) is 5.96. The van der Waals surface area contributed by atoms with E-state index in [0.717, 1.165) is 12.0 Å². The van der Waals surface area contributed by atoms with Crippen molar-refractivity contribution >= 4 is 21.6 Å². The lowest BCUT2D eigenvalue weighted by Gasteiger charge is -2.20. The minimum absolute atomic E-state index is 0.222. The fraction of sp³-hybridized carbons (Fsp3) is 0.500. The van der Waals surface area contributed by atoms with Crippen molar-refractivity contribution < 1.29 is 8.42 Å². The first kappa shape index (κ1) is 15.4. The predicted octanol–water partition coefficient (Wildman–Crippen LogP) is 2.22. The van der Waals surface area contributed by atoms with Crippen LogP contribution >= 0.6 is 11.6 Å². The molecule has 0 unspecified atom stereocenters. The molecule has 0 bridgehead atoms. The minimum atomic E-state index is -3.45. The number of benzene rings is 1. The summed E-state index contributed by atoms with van der Waals surface area (Å²) in [6.45, 7) is 5.03. The average Bonchev–Trinajstić information content (AvgIpc) is 2.35.